The molecule has 0 radical (unpaired) electrons. The Morgan fingerprint density at radius 2 is 1.74 bits per heavy atom. The molecule has 5 heterocycles. The monoisotopic (exact) mass is 529 g/mol. The third-order valence-corrected chi connectivity index (χ3v) is 6.53. The smallest absolute Gasteiger partial charge is 0.232 e. The van der Waals surface area contributed by atoms with Crippen LogP contribution in [0.5, 0.6) is 5.75 Å². The fourth-order valence-electron chi connectivity index (χ4n) is 4.48. The van der Waals surface area contributed by atoms with Gasteiger partial charge in [-0.3, -0.25) is 4.68 Å². The lowest BCUT2D eigenvalue weighted by Crippen LogP contribution is -2.47. The van der Waals surface area contributed by atoms with Crippen LogP contribution < -0.4 is 25.2 Å². The van der Waals surface area contributed by atoms with Gasteiger partial charge in [-0.2, -0.15) is 10.1 Å². The Bertz CT molecular complexity index is 1320. The number of morpholine rings is 1. The van der Waals surface area contributed by atoms with Crippen LogP contribution in [0, 0.1) is 0 Å². The van der Waals surface area contributed by atoms with Crippen LogP contribution in [-0.2, 0) is 17.9 Å². The first-order valence-corrected chi connectivity index (χ1v) is 13.1. The number of hydrogen-bond acceptors (Lipinski definition) is 12. The van der Waals surface area contributed by atoms with Crippen LogP contribution in [0.2, 0.25) is 0 Å². The Kier molecular flexibility index (Phi) is 7.68. The van der Waals surface area contributed by atoms with Gasteiger partial charge in [-0.15, -0.1) is 0 Å². The minimum Gasteiger partial charge on any atom is -0.489 e. The van der Waals surface area contributed by atoms with E-state index in [-0.39, 0.29) is 6.10 Å². The summed E-state index contributed by atoms with van der Waals surface area (Å²) in [4.78, 5) is 26.7. The van der Waals surface area contributed by atoms with Gasteiger partial charge in [0.05, 0.1) is 31.1 Å². The molecule has 4 aromatic rings. The van der Waals surface area contributed by atoms with Crippen molar-refractivity contribution in [2.45, 2.75) is 19.3 Å². The quantitative estimate of drug-likeness (QED) is 0.326. The molecule has 2 aliphatic heterocycles. The molecule has 202 valence electrons. The Hall–Kier alpha value is -4.36. The first-order chi connectivity index (χ1) is 19.3. The van der Waals surface area contributed by atoms with E-state index in [0.717, 1.165) is 62.9 Å². The van der Waals surface area contributed by atoms with Crippen molar-refractivity contribution in [3.63, 3.8) is 0 Å². The van der Waals surface area contributed by atoms with Crippen molar-refractivity contribution in [1.82, 2.24) is 40.0 Å². The van der Waals surface area contributed by atoms with Crippen LogP contribution in [0.15, 0.2) is 61.4 Å². The molecule has 13 nitrogen and oxygen atoms in total. The Morgan fingerprint density at radius 3 is 2.51 bits per heavy atom. The van der Waals surface area contributed by atoms with Crippen molar-refractivity contribution < 1.29 is 9.47 Å². The molecule has 0 aliphatic carbocycles. The third kappa shape index (κ3) is 6.56. The molecule has 0 amide bonds. The Labute approximate surface area is 226 Å². The second-order valence-corrected chi connectivity index (χ2v) is 9.35. The Balaban J connectivity index is 0.998. The highest BCUT2D eigenvalue weighted by atomic mass is 16.5. The molecule has 39 heavy (non-hydrogen) atoms. The first kappa shape index (κ1) is 24.9. The first-order valence-electron chi connectivity index (χ1n) is 13.1. The van der Waals surface area contributed by atoms with Gasteiger partial charge in [0.2, 0.25) is 17.8 Å². The van der Waals surface area contributed by atoms with Gasteiger partial charge in [-0.05, 0) is 12.1 Å². The summed E-state index contributed by atoms with van der Waals surface area (Å²) >= 11 is 0. The summed E-state index contributed by atoms with van der Waals surface area (Å²) in [6, 6.07) is 9.72. The molecule has 6 rings (SSSR count). The molecule has 2 N–H and O–H groups in total. The SMILES string of the molecule is c1ccc(OCc2cnc(N3CCN(c4ncnc(Nc5cnn(CC6CNCCO6)c5)n4)CC3)nc2)cc1. The van der Waals surface area contributed by atoms with Crippen molar-refractivity contribution in [2.75, 3.05) is 61.0 Å². The average molecular weight is 530 g/mol. The molecule has 2 fully saturated rings. The summed E-state index contributed by atoms with van der Waals surface area (Å²) < 4.78 is 13.4. The summed E-state index contributed by atoms with van der Waals surface area (Å²) in [5, 5.41) is 11.0. The van der Waals surface area contributed by atoms with E-state index in [0.29, 0.717) is 31.0 Å². The zero-order chi connectivity index (χ0) is 26.3. The average Bonchev–Trinajstić information content (AvgIpc) is 3.44. The minimum absolute atomic E-state index is 0.117. The molecule has 0 bridgehead atoms. The van der Waals surface area contributed by atoms with Gasteiger partial charge in [0.15, 0.2) is 0 Å². The normalized spacial score (nSPS) is 17.7. The van der Waals surface area contributed by atoms with E-state index < -0.39 is 0 Å². The lowest BCUT2D eigenvalue weighted by atomic mass is 10.3. The molecule has 0 saturated carbocycles. The number of ether oxygens (including phenoxy) is 2. The molecular weight excluding hydrogens is 498 g/mol. The highest BCUT2D eigenvalue weighted by Crippen LogP contribution is 2.18. The van der Waals surface area contributed by atoms with Crippen molar-refractivity contribution in [3.05, 3.63) is 67.0 Å². The van der Waals surface area contributed by atoms with Gasteiger partial charge >= 0.3 is 0 Å². The second-order valence-electron chi connectivity index (χ2n) is 9.35. The number of nitrogens with zero attached hydrogens (tertiary/aromatic N) is 9. The molecule has 1 atom stereocenters. The summed E-state index contributed by atoms with van der Waals surface area (Å²) in [7, 11) is 0. The topological polar surface area (TPSA) is 131 Å². The number of para-hydroxylation sites is 1. The molecular formula is C26H31N11O2. The number of nitrogens with one attached hydrogen (secondary N) is 2. The lowest BCUT2D eigenvalue weighted by molar-refractivity contribution is 0.0161. The number of anilines is 4. The molecule has 1 aromatic carbocycles. The van der Waals surface area contributed by atoms with Crippen molar-refractivity contribution >= 4 is 23.5 Å². The van der Waals surface area contributed by atoms with Crippen LogP contribution in [0.4, 0.5) is 23.5 Å². The maximum Gasteiger partial charge on any atom is 0.232 e. The van der Waals surface area contributed by atoms with Gasteiger partial charge in [0, 0.05) is 63.4 Å². The van der Waals surface area contributed by atoms with Crippen LogP contribution >= 0.6 is 0 Å². The van der Waals surface area contributed by atoms with Crippen molar-refractivity contribution in [2.24, 2.45) is 0 Å². The minimum atomic E-state index is 0.117. The third-order valence-electron chi connectivity index (χ3n) is 6.53. The molecule has 1 unspecified atom stereocenters. The maximum absolute atomic E-state index is 5.78. The van der Waals surface area contributed by atoms with E-state index in [1.54, 1.807) is 6.20 Å². The molecule has 3 aromatic heterocycles. The maximum atomic E-state index is 5.78. The summed E-state index contributed by atoms with van der Waals surface area (Å²) in [6.45, 7) is 6.59. The number of aromatic nitrogens is 7. The predicted octanol–water partition coefficient (Wildman–Crippen LogP) is 1.50. The van der Waals surface area contributed by atoms with E-state index >= 15 is 0 Å². The number of benzene rings is 1. The van der Waals surface area contributed by atoms with E-state index in [1.807, 2.05) is 53.6 Å². The largest absolute Gasteiger partial charge is 0.489 e. The van der Waals surface area contributed by atoms with Crippen LogP contribution in [0.25, 0.3) is 0 Å². The van der Waals surface area contributed by atoms with Gasteiger partial charge in [-0.25, -0.2) is 19.9 Å². The summed E-state index contributed by atoms with van der Waals surface area (Å²) in [6.07, 6.45) is 8.98. The van der Waals surface area contributed by atoms with Gasteiger partial charge < -0.3 is 29.9 Å². The molecule has 2 aliphatic rings. The highest BCUT2D eigenvalue weighted by Gasteiger charge is 2.21. The zero-order valence-corrected chi connectivity index (χ0v) is 21.6. The summed E-state index contributed by atoms with van der Waals surface area (Å²) in [5.74, 6) is 2.65. The van der Waals surface area contributed by atoms with Crippen LogP contribution in [0.1, 0.15) is 5.56 Å². The van der Waals surface area contributed by atoms with Gasteiger partial charge in [-0.1, -0.05) is 18.2 Å². The number of piperazine rings is 1. The number of hydrogen-bond donors (Lipinski definition) is 2. The van der Waals surface area contributed by atoms with Crippen LogP contribution in [-0.4, -0.2) is 86.7 Å². The van der Waals surface area contributed by atoms with E-state index in [1.165, 1.54) is 6.33 Å². The Morgan fingerprint density at radius 1 is 0.949 bits per heavy atom. The van der Waals surface area contributed by atoms with E-state index in [2.05, 4.69) is 50.5 Å². The fourth-order valence-corrected chi connectivity index (χ4v) is 4.48. The van der Waals surface area contributed by atoms with E-state index in [4.69, 9.17) is 9.47 Å². The fraction of sp³-hybridized carbons (Fsp3) is 0.385. The lowest BCUT2D eigenvalue weighted by Gasteiger charge is -2.34. The van der Waals surface area contributed by atoms with E-state index in [9.17, 15) is 0 Å². The molecule has 13 heteroatoms. The molecule has 2 saturated heterocycles. The zero-order valence-electron chi connectivity index (χ0n) is 21.6. The highest BCUT2D eigenvalue weighted by molar-refractivity contribution is 5.51. The van der Waals surface area contributed by atoms with Crippen molar-refractivity contribution in [3.8, 4) is 5.75 Å². The van der Waals surface area contributed by atoms with Gasteiger partial charge in [0.25, 0.3) is 0 Å². The summed E-state index contributed by atoms with van der Waals surface area (Å²) in [5.41, 5.74) is 1.74. The van der Waals surface area contributed by atoms with Crippen LogP contribution in [0.3, 0.4) is 0 Å². The predicted molar refractivity (Wildman–Crippen MR) is 145 cm³/mol. The van der Waals surface area contributed by atoms with Gasteiger partial charge in [0.1, 0.15) is 18.7 Å². The second kappa shape index (κ2) is 12.0. The van der Waals surface area contributed by atoms with Crippen molar-refractivity contribution in [1.29, 1.82) is 0 Å². The standard InChI is InChI=1S/C26H31N11O2/c1-2-4-22(5-3-1)39-18-20-12-28-25(29-13-20)35-7-9-36(10-8-35)26-31-19-30-24(34-26)33-21-14-32-37(16-21)17-23-15-27-6-11-38-23/h1-5,12-14,16,19,23,27H,6-11,15,17-18H2,(H,30,31,33,34). The number of rotatable bonds is 9. The molecule has 0 spiro atoms.